The number of oxazole rings is 2. The molecule has 3 aromatic carbocycles. The van der Waals surface area contributed by atoms with Crippen LogP contribution in [-0.4, -0.2) is 72.7 Å². The van der Waals surface area contributed by atoms with E-state index in [-0.39, 0.29) is 55.9 Å². The van der Waals surface area contributed by atoms with E-state index >= 15 is 0 Å². The first kappa shape index (κ1) is 60.3. The number of allylic oxidation sites excluding steroid dienone is 6. The minimum absolute atomic E-state index is 0.0297. The van der Waals surface area contributed by atoms with Crippen LogP contribution in [0.5, 0.6) is 0 Å². The van der Waals surface area contributed by atoms with Gasteiger partial charge in [-0.1, -0.05) is 48.0 Å². The molecular formula is C62H72F2IN2O10+. The summed E-state index contributed by atoms with van der Waals surface area (Å²) in [5.41, 5.74) is 8.54. The van der Waals surface area contributed by atoms with Gasteiger partial charge >= 0.3 is 11.9 Å². The van der Waals surface area contributed by atoms with Crippen molar-refractivity contribution in [1.82, 2.24) is 9.97 Å². The smallest absolute Gasteiger partial charge is 0.336 e. The van der Waals surface area contributed by atoms with Gasteiger partial charge in [-0.2, -0.15) is 0 Å². The number of benzene rings is 3. The Labute approximate surface area is 466 Å². The Hall–Kier alpha value is -5.94. The van der Waals surface area contributed by atoms with Gasteiger partial charge in [0.1, 0.15) is 34.8 Å². The summed E-state index contributed by atoms with van der Waals surface area (Å²) >= 11 is 2.10. The van der Waals surface area contributed by atoms with E-state index in [1.54, 1.807) is 52.0 Å². The first-order valence-electron chi connectivity index (χ1n) is 26.3. The lowest BCUT2D eigenvalue weighted by atomic mass is 9.94. The normalized spacial score (nSPS) is 18.3. The number of aromatic nitrogens is 2. The molecule has 2 saturated carbocycles. The van der Waals surface area contributed by atoms with Gasteiger partial charge in [-0.3, -0.25) is 0 Å². The number of halogens is 3. The minimum atomic E-state index is -0.427. The highest BCUT2D eigenvalue weighted by molar-refractivity contribution is 14.1. The van der Waals surface area contributed by atoms with E-state index in [9.17, 15) is 18.4 Å². The van der Waals surface area contributed by atoms with Crippen LogP contribution in [0.15, 0.2) is 120 Å². The van der Waals surface area contributed by atoms with Crippen LogP contribution in [0.2, 0.25) is 0 Å². The molecular weight excluding hydrogens is 1100 g/mol. The molecule has 5 aromatic rings. The predicted octanol–water partition coefficient (Wildman–Crippen LogP) is 14.7. The van der Waals surface area contributed by atoms with E-state index < -0.39 is 11.9 Å². The highest BCUT2D eigenvalue weighted by atomic mass is 127. The number of nitrogens with zero attached hydrogens (tertiary/aromatic N) is 2. The highest BCUT2D eigenvalue weighted by Gasteiger charge is 2.27. The first-order chi connectivity index (χ1) is 37.0. The van der Waals surface area contributed by atoms with Crippen molar-refractivity contribution in [2.75, 3.05) is 26.4 Å². The monoisotopic (exact) mass is 1170 g/mol. The third-order valence-electron chi connectivity index (χ3n) is 13.0. The van der Waals surface area contributed by atoms with Crippen LogP contribution < -0.4 is 0 Å². The molecule has 3 aliphatic rings. The van der Waals surface area contributed by atoms with E-state index in [1.807, 2.05) is 64.1 Å². The van der Waals surface area contributed by atoms with Gasteiger partial charge in [0.2, 0.25) is 17.6 Å². The van der Waals surface area contributed by atoms with Crippen molar-refractivity contribution >= 4 is 40.6 Å². The van der Waals surface area contributed by atoms with Crippen LogP contribution >= 0.6 is 22.6 Å². The number of esters is 2. The summed E-state index contributed by atoms with van der Waals surface area (Å²) in [6, 6.07) is 20.9. The second-order valence-electron chi connectivity index (χ2n) is 19.4. The summed E-state index contributed by atoms with van der Waals surface area (Å²) < 4.78 is 73.4. The van der Waals surface area contributed by atoms with Crippen molar-refractivity contribution in [2.45, 2.75) is 144 Å². The highest BCUT2D eigenvalue weighted by Crippen LogP contribution is 2.30. The fraction of sp³-hybridized carbons (Fsp3) is 0.419. The Kier molecular flexibility index (Phi) is 23.7. The van der Waals surface area contributed by atoms with Crippen LogP contribution in [0.4, 0.5) is 8.78 Å². The van der Waals surface area contributed by atoms with Crippen LogP contribution in [-0.2, 0) is 51.2 Å². The van der Waals surface area contributed by atoms with Gasteiger partial charge in [0.15, 0.2) is 3.58 Å². The Morgan fingerprint density at radius 3 is 1.69 bits per heavy atom. The number of ether oxygens (including phenoxy) is 6. The van der Waals surface area contributed by atoms with Crippen molar-refractivity contribution in [3.63, 3.8) is 0 Å². The van der Waals surface area contributed by atoms with Crippen molar-refractivity contribution < 1.29 is 55.6 Å². The van der Waals surface area contributed by atoms with Gasteiger partial charge in [-0.25, -0.2) is 23.9 Å². The van der Waals surface area contributed by atoms with Crippen molar-refractivity contribution in [3.8, 4) is 22.9 Å². The summed E-state index contributed by atoms with van der Waals surface area (Å²) in [4.78, 5) is 33.5. The maximum absolute atomic E-state index is 13.7. The number of hydrogen-bond donors (Lipinski definition) is 0. The maximum atomic E-state index is 13.7. The zero-order valence-corrected chi connectivity index (χ0v) is 47.8. The molecule has 12 nitrogen and oxygen atoms in total. The Morgan fingerprint density at radius 2 is 1.21 bits per heavy atom. The second kappa shape index (κ2) is 30.3. The summed E-state index contributed by atoms with van der Waals surface area (Å²) in [6.07, 6.45) is 15.0. The molecule has 2 heterocycles. The zero-order chi connectivity index (χ0) is 55.4. The minimum Gasteiger partial charge on any atom is -0.463 e. The number of carbonyl (C=O) groups excluding carboxylic acids is 2. The first-order valence-corrected chi connectivity index (χ1v) is 27.4. The third-order valence-corrected chi connectivity index (χ3v) is 13.7. The lowest BCUT2D eigenvalue weighted by Crippen LogP contribution is -2.29. The van der Waals surface area contributed by atoms with Gasteiger partial charge < -0.3 is 37.3 Å². The van der Waals surface area contributed by atoms with Gasteiger partial charge in [-0.15, -0.1) is 4.39 Å². The topological polar surface area (TPSA) is 142 Å². The average Bonchev–Trinajstić information content (AvgIpc) is 3.99. The van der Waals surface area contributed by atoms with Crippen molar-refractivity contribution in [3.05, 3.63) is 169 Å². The lowest BCUT2D eigenvalue weighted by molar-refractivity contribution is -0.140. The van der Waals surface area contributed by atoms with E-state index in [2.05, 4.69) is 57.3 Å². The van der Waals surface area contributed by atoms with Crippen LogP contribution in [0.25, 0.3) is 29.0 Å². The summed E-state index contributed by atoms with van der Waals surface area (Å²) in [5, 5.41) is 0. The van der Waals surface area contributed by atoms with E-state index in [1.165, 1.54) is 17.7 Å². The third kappa shape index (κ3) is 19.2. The molecule has 77 heavy (non-hydrogen) atoms. The van der Waals surface area contributed by atoms with Gasteiger partial charge in [0.25, 0.3) is 0 Å². The Morgan fingerprint density at radius 1 is 0.701 bits per heavy atom. The van der Waals surface area contributed by atoms with Gasteiger partial charge in [-0.05, 0) is 160 Å². The molecule has 15 heteroatoms. The molecule has 0 saturated heterocycles. The Bertz CT molecular complexity index is 2920. The molecule has 2 aromatic heterocycles. The molecule has 3 aliphatic carbocycles. The van der Waals surface area contributed by atoms with Crippen molar-refractivity contribution in [2.24, 2.45) is 0 Å². The number of aryl methyl sites for hydroxylation is 5. The standard InChI is InChI=1S/C31H36FNO5.C24H31NO5.C7H5FI/c1-5-35-31(34)25(16-23-12-13-28(32)21(3)15-23)18-36-26-10-7-11-27(17-26)37-19-29-22(4)38-30(33-29)24-9-6-8-20(2)14-24;1-5-27-24(26)17(3)14-28-20-10-7-11-21(13-20)29-15-22-18(4)30-23(25-22)19-9-6-8-16(2)12-19;1-5-4-6(9)2-3-7(5)8/h6,8-9,12-16,26-27H,5,7,10-11,17-19H2,1-4H3;6,8-9,12,20-21H,3,5,7,10-11,13-15H2,1-2,4H3;3-4H,1H3/q;;+1/b25-16-;;/t26-,27+;20-,21+;/m11./s1. The molecule has 0 amide bonds. The molecule has 4 atom stereocenters. The van der Waals surface area contributed by atoms with Gasteiger partial charge in [0.05, 0.1) is 92.9 Å². The fourth-order valence-electron chi connectivity index (χ4n) is 8.74. The zero-order valence-electron chi connectivity index (χ0n) is 45.6. The molecule has 410 valence electrons. The SMILES string of the molecule is C=C(CO[C@@H]1CCC[C@H](OCc2nc(-c3cccc(C)c3)oc2C)C1)C(=O)OCC.CC1=C(F)C=[C+]C(I)=C1.CCOC(=O)/C(=C\c1ccc(F)c(C)c1)CO[C@@H]1CCC[C@H](OCc2nc(-c3cccc(C)c3)oc2C)C1. The van der Waals surface area contributed by atoms with E-state index in [0.717, 1.165) is 100 Å². The molecule has 0 spiro atoms. The van der Waals surface area contributed by atoms with Crippen molar-refractivity contribution in [1.29, 1.82) is 0 Å². The maximum Gasteiger partial charge on any atom is 0.336 e. The van der Waals surface area contributed by atoms with E-state index in [0.29, 0.717) is 53.9 Å². The largest absolute Gasteiger partial charge is 0.463 e. The van der Waals surface area contributed by atoms with Gasteiger partial charge in [0, 0.05) is 33.7 Å². The summed E-state index contributed by atoms with van der Waals surface area (Å²) in [5.74, 6) is 1.47. The predicted molar refractivity (Wildman–Crippen MR) is 302 cm³/mol. The molecule has 0 radical (unpaired) electrons. The number of rotatable bonds is 19. The fourth-order valence-corrected chi connectivity index (χ4v) is 9.36. The molecule has 0 unspecified atom stereocenters. The molecule has 2 fully saturated rings. The van der Waals surface area contributed by atoms with E-state index in [4.69, 9.17) is 37.3 Å². The van der Waals surface area contributed by atoms with Crippen LogP contribution in [0, 0.1) is 46.5 Å². The van der Waals surface area contributed by atoms with Crippen LogP contribution in [0.3, 0.4) is 0 Å². The average molecular weight is 1170 g/mol. The molecule has 8 rings (SSSR count). The lowest BCUT2D eigenvalue weighted by Gasteiger charge is -2.29. The molecule has 0 aliphatic heterocycles. The number of hydrogen-bond acceptors (Lipinski definition) is 12. The number of carbonyl (C=O) groups is 2. The molecule has 0 N–H and O–H groups in total. The summed E-state index contributed by atoms with van der Waals surface area (Å²) in [6.45, 7) is 20.3. The molecule has 0 bridgehead atoms. The van der Waals surface area contributed by atoms with Crippen LogP contribution in [0.1, 0.15) is 117 Å². The quantitative estimate of drug-likeness (QED) is 0.0336. The Balaban J connectivity index is 0.000000218. The summed E-state index contributed by atoms with van der Waals surface area (Å²) in [7, 11) is 0. The second-order valence-corrected chi connectivity index (χ2v) is 20.5.